The second-order valence-electron chi connectivity index (χ2n) is 5.20. The van der Waals surface area contributed by atoms with E-state index in [1.807, 2.05) is 12.1 Å². The zero-order chi connectivity index (χ0) is 13.9. The van der Waals surface area contributed by atoms with Crippen LogP contribution in [0.25, 0.3) is 11.1 Å². The lowest BCUT2D eigenvalue weighted by atomic mass is 10.0. The first-order valence-corrected chi connectivity index (χ1v) is 6.92. The predicted molar refractivity (Wildman–Crippen MR) is 78.2 cm³/mol. The minimum absolute atomic E-state index is 0.250. The maximum absolute atomic E-state index is 13.4. The third kappa shape index (κ3) is 2.99. The van der Waals surface area contributed by atoms with Crippen LogP contribution in [-0.4, -0.2) is 13.2 Å². The van der Waals surface area contributed by atoms with Gasteiger partial charge in [0.15, 0.2) is 0 Å². The molecule has 2 nitrogen and oxygen atoms in total. The van der Waals surface area contributed by atoms with Crippen molar-refractivity contribution < 1.29 is 9.13 Å². The van der Waals surface area contributed by atoms with Crippen molar-refractivity contribution in [3.05, 3.63) is 53.8 Å². The summed E-state index contributed by atoms with van der Waals surface area (Å²) < 4.78 is 18.7. The van der Waals surface area contributed by atoms with Crippen LogP contribution in [0.15, 0.2) is 42.5 Å². The molecule has 1 saturated carbocycles. The Kier molecular flexibility index (Phi) is 3.70. The molecule has 0 radical (unpaired) electrons. The van der Waals surface area contributed by atoms with Gasteiger partial charge in [0.05, 0.1) is 7.11 Å². The molecule has 0 saturated heterocycles. The fourth-order valence-corrected chi connectivity index (χ4v) is 2.26. The largest absolute Gasteiger partial charge is 0.496 e. The van der Waals surface area contributed by atoms with Gasteiger partial charge in [0.2, 0.25) is 0 Å². The number of halogens is 1. The maximum Gasteiger partial charge on any atom is 0.126 e. The van der Waals surface area contributed by atoms with Crippen LogP contribution in [0.2, 0.25) is 0 Å². The van der Waals surface area contributed by atoms with Crippen molar-refractivity contribution in [1.82, 2.24) is 5.32 Å². The number of nitrogens with one attached hydrogen (secondary N) is 1. The normalized spacial score (nSPS) is 14.3. The van der Waals surface area contributed by atoms with Gasteiger partial charge >= 0.3 is 0 Å². The van der Waals surface area contributed by atoms with E-state index in [0.29, 0.717) is 11.8 Å². The SMILES string of the molecule is COc1ccc(F)cc1-c1ccc(CNC2CC2)cc1. The first-order valence-electron chi connectivity index (χ1n) is 6.92. The molecule has 0 spiro atoms. The van der Waals surface area contributed by atoms with Gasteiger partial charge in [-0.2, -0.15) is 0 Å². The Morgan fingerprint density at radius 2 is 1.90 bits per heavy atom. The van der Waals surface area contributed by atoms with E-state index < -0.39 is 0 Å². The summed E-state index contributed by atoms with van der Waals surface area (Å²) in [6, 6.07) is 13.5. The molecule has 2 aromatic carbocycles. The minimum atomic E-state index is -0.250. The lowest BCUT2D eigenvalue weighted by Crippen LogP contribution is -2.14. The second kappa shape index (κ2) is 5.63. The summed E-state index contributed by atoms with van der Waals surface area (Å²) in [5.41, 5.74) is 3.00. The Morgan fingerprint density at radius 3 is 2.55 bits per heavy atom. The smallest absolute Gasteiger partial charge is 0.126 e. The average molecular weight is 271 g/mol. The number of benzene rings is 2. The van der Waals surface area contributed by atoms with Gasteiger partial charge in [-0.05, 0) is 42.2 Å². The first kappa shape index (κ1) is 13.1. The van der Waals surface area contributed by atoms with Gasteiger partial charge in [-0.3, -0.25) is 0 Å². The van der Waals surface area contributed by atoms with Gasteiger partial charge in [-0.1, -0.05) is 24.3 Å². The van der Waals surface area contributed by atoms with Crippen molar-refractivity contribution in [2.24, 2.45) is 0 Å². The molecule has 3 heteroatoms. The molecular weight excluding hydrogens is 253 g/mol. The molecule has 104 valence electrons. The van der Waals surface area contributed by atoms with E-state index in [1.165, 1.54) is 30.5 Å². The topological polar surface area (TPSA) is 21.3 Å². The van der Waals surface area contributed by atoms with E-state index in [1.54, 1.807) is 13.2 Å². The summed E-state index contributed by atoms with van der Waals surface area (Å²) in [4.78, 5) is 0. The summed E-state index contributed by atoms with van der Waals surface area (Å²) in [5, 5.41) is 3.48. The Balaban J connectivity index is 1.80. The van der Waals surface area contributed by atoms with Crippen LogP contribution in [0.3, 0.4) is 0 Å². The summed E-state index contributed by atoms with van der Waals surface area (Å²) in [6.07, 6.45) is 2.58. The van der Waals surface area contributed by atoms with Crippen molar-refractivity contribution in [2.75, 3.05) is 7.11 Å². The molecule has 0 atom stereocenters. The van der Waals surface area contributed by atoms with Gasteiger partial charge < -0.3 is 10.1 Å². The van der Waals surface area contributed by atoms with Gasteiger partial charge in [0.25, 0.3) is 0 Å². The molecule has 0 aromatic heterocycles. The molecule has 20 heavy (non-hydrogen) atoms. The number of ether oxygens (including phenoxy) is 1. The van der Waals surface area contributed by atoms with E-state index in [2.05, 4.69) is 17.4 Å². The zero-order valence-electron chi connectivity index (χ0n) is 11.5. The van der Waals surface area contributed by atoms with Crippen LogP contribution in [0.4, 0.5) is 4.39 Å². The Labute approximate surface area is 118 Å². The van der Waals surface area contributed by atoms with E-state index in [4.69, 9.17) is 4.74 Å². The number of rotatable bonds is 5. The average Bonchev–Trinajstić information content (AvgIpc) is 3.30. The molecule has 0 aliphatic heterocycles. The van der Waals surface area contributed by atoms with Gasteiger partial charge in [0.1, 0.15) is 11.6 Å². The van der Waals surface area contributed by atoms with Gasteiger partial charge in [-0.15, -0.1) is 0 Å². The molecule has 0 unspecified atom stereocenters. The molecule has 0 bridgehead atoms. The fourth-order valence-electron chi connectivity index (χ4n) is 2.26. The Morgan fingerprint density at radius 1 is 1.15 bits per heavy atom. The van der Waals surface area contributed by atoms with Crippen LogP contribution < -0.4 is 10.1 Å². The third-order valence-electron chi connectivity index (χ3n) is 3.60. The van der Waals surface area contributed by atoms with Crippen molar-refractivity contribution in [3.63, 3.8) is 0 Å². The predicted octanol–water partition coefficient (Wildman–Crippen LogP) is 3.75. The summed E-state index contributed by atoms with van der Waals surface area (Å²) in [6.45, 7) is 0.894. The van der Waals surface area contributed by atoms with Crippen LogP contribution in [0.1, 0.15) is 18.4 Å². The highest BCUT2D eigenvalue weighted by Gasteiger charge is 2.19. The highest BCUT2D eigenvalue weighted by molar-refractivity contribution is 5.70. The van der Waals surface area contributed by atoms with Crippen molar-refractivity contribution >= 4 is 0 Å². The number of hydrogen-bond donors (Lipinski definition) is 1. The summed E-state index contributed by atoms with van der Waals surface area (Å²) in [7, 11) is 1.60. The number of hydrogen-bond acceptors (Lipinski definition) is 2. The summed E-state index contributed by atoms with van der Waals surface area (Å²) >= 11 is 0. The molecule has 0 amide bonds. The molecule has 2 aromatic rings. The van der Waals surface area contributed by atoms with E-state index in [0.717, 1.165) is 17.7 Å². The second-order valence-corrected chi connectivity index (χ2v) is 5.20. The Bertz CT molecular complexity index is 590. The molecular formula is C17H18FNO. The molecule has 3 rings (SSSR count). The molecule has 0 heterocycles. The van der Waals surface area contributed by atoms with Gasteiger partial charge in [-0.25, -0.2) is 4.39 Å². The van der Waals surface area contributed by atoms with Gasteiger partial charge in [0, 0.05) is 18.2 Å². The van der Waals surface area contributed by atoms with Crippen molar-refractivity contribution in [2.45, 2.75) is 25.4 Å². The van der Waals surface area contributed by atoms with Crippen molar-refractivity contribution in [3.8, 4) is 16.9 Å². The monoisotopic (exact) mass is 271 g/mol. The van der Waals surface area contributed by atoms with Crippen LogP contribution in [0, 0.1) is 5.82 Å². The standard InChI is InChI=1S/C17H18FNO/c1-20-17-9-6-14(18)10-16(17)13-4-2-12(3-5-13)11-19-15-7-8-15/h2-6,9-10,15,19H,7-8,11H2,1H3. The Hall–Kier alpha value is -1.87. The van der Waals surface area contributed by atoms with Crippen LogP contribution in [0.5, 0.6) is 5.75 Å². The third-order valence-corrected chi connectivity index (χ3v) is 3.60. The first-order chi connectivity index (χ1) is 9.76. The molecule has 1 aliphatic rings. The number of methoxy groups -OCH3 is 1. The highest BCUT2D eigenvalue weighted by atomic mass is 19.1. The summed E-state index contributed by atoms with van der Waals surface area (Å²) in [5.74, 6) is 0.440. The van der Waals surface area contributed by atoms with E-state index >= 15 is 0 Å². The van der Waals surface area contributed by atoms with Crippen LogP contribution in [-0.2, 0) is 6.54 Å². The van der Waals surface area contributed by atoms with Crippen molar-refractivity contribution in [1.29, 1.82) is 0 Å². The van der Waals surface area contributed by atoms with E-state index in [-0.39, 0.29) is 5.82 Å². The maximum atomic E-state index is 13.4. The fraction of sp³-hybridized carbons (Fsp3) is 0.294. The quantitative estimate of drug-likeness (QED) is 0.894. The highest BCUT2D eigenvalue weighted by Crippen LogP contribution is 2.30. The zero-order valence-corrected chi connectivity index (χ0v) is 11.5. The molecule has 1 N–H and O–H groups in total. The lowest BCUT2D eigenvalue weighted by Gasteiger charge is -2.10. The lowest BCUT2D eigenvalue weighted by molar-refractivity contribution is 0.415. The molecule has 1 fully saturated rings. The molecule has 1 aliphatic carbocycles. The minimum Gasteiger partial charge on any atom is -0.496 e. The van der Waals surface area contributed by atoms with E-state index in [9.17, 15) is 4.39 Å². The van der Waals surface area contributed by atoms with Crippen LogP contribution >= 0.6 is 0 Å².